The maximum absolute atomic E-state index is 10.4. The molecule has 0 aliphatic carbocycles. The lowest BCUT2D eigenvalue weighted by Gasteiger charge is -1.95. The molecule has 0 fully saturated rings. The first-order valence-corrected chi connectivity index (χ1v) is 3.46. The van der Waals surface area contributed by atoms with Gasteiger partial charge in [0.2, 0.25) is 5.91 Å². The molecule has 0 atom stereocenters. The number of amides is 1. The van der Waals surface area contributed by atoms with Crippen molar-refractivity contribution in [3.8, 4) is 0 Å². The van der Waals surface area contributed by atoms with E-state index in [4.69, 9.17) is 5.73 Å². The van der Waals surface area contributed by atoms with Gasteiger partial charge in [-0.25, -0.2) is 0 Å². The number of nitrogens with zero attached hydrogens (tertiary/aromatic N) is 1. The predicted octanol–water partition coefficient (Wildman–Crippen LogP) is 0.921. The Morgan fingerprint density at radius 1 is 1.58 bits per heavy atom. The Bertz CT molecular complexity index is 238. The SMILES string of the molecule is Cl.NC(=O)CCc1cccnc1. The molecule has 0 aliphatic heterocycles. The van der Waals surface area contributed by atoms with E-state index in [0.29, 0.717) is 12.8 Å². The molecule has 1 rings (SSSR count). The lowest BCUT2D eigenvalue weighted by atomic mass is 10.1. The molecule has 1 aromatic heterocycles. The van der Waals surface area contributed by atoms with Gasteiger partial charge in [0.25, 0.3) is 0 Å². The molecular formula is C8H11ClN2O. The highest BCUT2D eigenvalue weighted by Crippen LogP contribution is 1.98. The summed E-state index contributed by atoms with van der Waals surface area (Å²) in [7, 11) is 0. The zero-order valence-electron chi connectivity index (χ0n) is 6.56. The second kappa shape index (κ2) is 5.55. The number of rotatable bonds is 3. The monoisotopic (exact) mass is 186 g/mol. The van der Waals surface area contributed by atoms with E-state index in [1.54, 1.807) is 12.4 Å². The fourth-order valence-corrected chi connectivity index (χ4v) is 0.814. The van der Waals surface area contributed by atoms with Crippen LogP contribution in [0.15, 0.2) is 24.5 Å². The molecule has 0 bridgehead atoms. The highest BCUT2D eigenvalue weighted by atomic mass is 35.5. The molecule has 66 valence electrons. The second-order valence-electron chi connectivity index (χ2n) is 2.33. The van der Waals surface area contributed by atoms with Gasteiger partial charge >= 0.3 is 0 Å². The standard InChI is InChI=1S/C8H10N2O.ClH/c9-8(11)4-3-7-2-1-5-10-6-7;/h1-2,5-6H,3-4H2,(H2,9,11);1H. The van der Waals surface area contributed by atoms with Crippen molar-refractivity contribution in [3.63, 3.8) is 0 Å². The maximum atomic E-state index is 10.4. The average molecular weight is 187 g/mol. The van der Waals surface area contributed by atoms with E-state index in [0.717, 1.165) is 5.56 Å². The molecular weight excluding hydrogens is 176 g/mol. The summed E-state index contributed by atoms with van der Waals surface area (Å²) >= 11 is 0. The first-order chi connectivity index (χ1) is 5.29. The van der Waals surface area contributed by atoms with Crippen LogP contribution >= 0.6 is 12.4 Å². The van der Waals surface area contributed by atoms with E-state index in [1.807, 2.05) is 12.1 Å². The molecule has 0 spiro atoms. The van der Waals surface area contributed by atoms with Crippen LogP contribution in [0.3, 0.4) is 0 Å². The van der Waals surface area contributed by atoms with Gasteiger partial charge in [0.1, 0.15) is 0 Å². The summed E-state index contributed by atoms with van der Waals surface area (Å²) in [5, 5.41) is 0. The number of pyridine rings is 1. The van der Waals surface area contributed by atoms with E-state index in [1.165, 1.54) is 0 Å². The third-order valence-corrected chi connectivity index (χ3v) is 1.38. The van der Waals surface area contributed by atoms with Crippen molar-refractivity contribution in [2.45, 2.75) is 12.8 Å². The van der Waals surface area contributed by atoms with Gasteiger partial charge in [-0.1, -0.05) is 6.07 Å². The van der Waals surface area contributed by atoms with E-state index in [-0.39, 0.29) is 18.3 Å². The minimum Gasteiger partial charge on any atom is -0.370 e. The van der Waals surface area contributed by atoms with Crippen molar-refractivity contribution >= 4 is 18.3 Å². The summed E-state index contributed by atoms with van der Waals surface area (Å²) < 4.78 is 0. The number of aryl methyl sites for hydroxylation is 1. The van der Waals surface area contributed by atoms with Crippen LogP contribution in [0.25, 0.3) is 0 Å². The largest absolute Gasteiger partial charge is 0.370 e. The molecule has 3 nitrogen and oxygen atoms in total. The molecule has 1 aromatic rings. The fraction of sp³-hybridized carbons (Fsp3) is 0.250. The maximum Gasteiger partial charge on any atom is 0.217 e. The number of primary amides is 1. The molecule has 1 heterocycles. The minimum absolute atomic E-state index is 0. The Morgan fingerprint density at radius 3 is 2.83 bits per heavy atom. The Hall–Kier alpha value is -1.09. The third kappa shape index (κ3) is 3.93. The smallest absolute Gasteiger partial charge is 0.217 e. The fourth-order valence-electron chi connectivity index (χ4n) is 0.814. The molecule has 0 saturated carbocycles. The number of halogens is 1. The summed E-state index contributed by atoms with van der Waals surface area (Å²) in [6, 6.07) is 3.77. The molecule has 0 aromatic carbocycles. The first kappa shape index (κ1) is 10.9. The predicted molar refractivity (Wildman–Crippen MR) is 49.0 cm³/mol. The topological polar surface area (TPSA) is 56.0 Å². The normalized spacial score (nSPS) is 8.67. The van der Waals surface area contributed by atoms with Crippen molar-refractivity contribution in [3.05, 3.63) is 30.1 Å². The molecule has 0 aliphatic rings. The molecule has 0 unspecified atom stereocenters. The Morgan fingerprint density at radius 2 is 2.33 bits per heavy atom. The summed E-state index contributed by atoms with van der Waals surface area (Å²) in [6.45, 7) is 0. The number of carbonyl (C=O) groups is 1. The van der Waals surface area contributed by atoms with Gasteiger partial charge in [-0.3, -0.25) is 9.78 Å². The summed E-state index contributed by atoms with van der Waals surface area (Å²) in [5.41, 5.74) is 6.03. The van der Waals surface area contributed by atoms with Gasteiger partial charge in [0.15, 0.2) is 0 Å². The summed E-state index contributed by atoms with van der Waals surface area (Å²) in [4.78, 5) is 14.3. The van der Waals surface area contributed by atoms with Gasteiger partial charge in [-0.15, -0.1) is 12.4 Å². The lowest BCUT2D eigenvalue weighted by molar-refractivity contribution is -0.117. The Labute approximate surface area is 77.4 Å². The van der Waals surface area contributed by atoms with Crippen molar-refractivity contribution in [2.75, 3.05) is 0 Å². The van der Waals surface area contributed by atoms with E-state index in [2.05, 4.69) is 4.98 Å². The van der Waals surface area contributed by atoms with Crippen LogP contribution in [0.2, 0.25) is 0 Å². The first-order valence-electron chi connectivity index (χ1n) is 3.46. The zero-order valence-corrected chi connectivity index (χ0v) is 7.38. The van der Waals surface area contributed by atoms with E-state index >= 15 is 0 Å². The van der Waals surface area contributed by atoms with Crippen LogP contribution in [0.4, 0.5) is 0 Å². The number of hydrogen-bond donors (Lipinski definition) is 1. The number of aromatic nitrogens is 1. The van der Waals surface area contributed by atoms with E-state index < -0.39 is 0 Å². The average Bonchev–Trinajstić information content (AvgIpc) is 2.03. The molecule has 0 saturated heterocycles. The summed E-state index contributed by atoms with van der Waals surface area (Å²) in [5.74, 6) is -0.270. The highest BCUT2D eigenvalue weighted by molar-refractivity contribution is 5.85. The van der Waals surface area contributed by atoms with Crippen LogP contribution in [0, 0.1) is 0 Å². The Balaban J connectivity index is 0.00000121. The van der Waals surface area contributed by atoms with Crippen molar-refractivity contribution in [2.24, 2.45) is 5.73 Å². The minimum atomic E-state index is -0.270. The Kier molecular flexibility index (Phi) is 5.04. The van der Waals surface area contributed by atoms with Gasteiger partial charge in [-0.05, 0) is 18.1 Å². The second-order valence-corrected chi connectivity index (χ2v) is 2.33. The van der Waals surface area contributed by atoms with Crippen molar-refractivity contribution in [1.82, 2.24) is 4.98 Å². The van der Waals surface area contributed by atoms with Gasteiger partial charge in [-0.2, -0.15) is 0 Å². The van der Waals surface area contributed by atoms with Crippen LogP contribution in [-0.2, 0) is 11.2 Å². The van der Waals surface area contributed by atoms with Crippen LogP contribution in [0.5, 0.6) is 0 Å². The van der Waals surface area contributed by atoms with E-state index in [9.17, 15) is 4.79 Å². The third-order valence-electron chi connectivity index (χ3n) is 1.38. The van der Waals surface area contributed by atoms with Crippen molar-refractivity contribution in [1.29, 1.82) is 0 Å². The molecule has 12 heavy (non-hydrogen) atoms. The van der Waals surface area contributed by atoms with Gasteiger partial charge < -0.3 is 5.73 Å². The molecule has 1 amide bonds. The van der Waals surface area contributed by atoms with Crippen molar-refractivity contribution < 1.29 is 4.79 Å². The quantitative estimate of drug-likeness (QED) is 0.764. The summed E-state index contributed by atoms with van der Waals surface area (Å²) in [6.07, 6.45) is 4.52. The van der Waals surface area contributed by atoms with Crippen LogP contribution < -0.4 is 5.73 Å². The van der Waals surface area contributed by atoms with Crippen LogP contribution in [0.1, 0.15) is 12.0 Å². The lowest BCUT2D eigenvalue weighted by Crippen LogP contribution is -2.11. The molecule has 4 heteroatoms. The number of nitrogens with two attached hydrogens (primary N) is 1. The van der Waals surface area contributed by atoms with Crippen LogP contribution in [-0.4, -0.2) is 10.9 Å². The highest BCUT2D eigenvalue weighted by Gasteiger charge is 1.95. The number of hydrogen-bond acceptors (Lipinski definition) is 2. The van der Waals surface area contributed by atoms with Gasteiger partial charge in [0, 0.05) is 18.8 Å². The molecule has 2 N–H and O–H groups in total. The number of carbonyl (C=O) groups excluding carboxylic acids is 1. The molecule has 0 radical (unpaired) electrons. The van der Waals surface area contributed by atoms with Gasteiger partial charge in [0.05, 0.1) is 0 Å². The zero-order chi connectivity index (χ0) is 8.10.